The van der Waals surface area contributed by atoms with Gasteiger partial charge in [0, 0.05) is 25.3 Å². The van der Waals surface area contributed by atoms with Crippen LogP contribution in [0.1, 0.15) is 12.5 Å². The largest absolute Gasteiger partial charge is 0.369 e. The number of nitrogens with one attached hydrogen (secondary N) is 3. The molecule has 0 radical (unpaired) electrons. The van der Waals surface area contributed by atoms with E-state index in [0.29, 0.717) is 22.8 Å². The average Bonchev–Trinajstić information content (AvgIpc) is 3.33. The minimum atomic E-state index is -0.296. The van der Waals surface area contributed by atoms with Crippen molar-refractivity contribution in [3.63, 3.8) is 0 Å². The predicted octanol–water partition coefficient (Wildman–Crippen LogP) is 1.30. The topological polar surface area (TPSA) is 123 Å². The Kier molecular flexibility index (Phi) is 4.21. The lowest BCUT2D eigenvalue weighted by atomic mass is 9.88. The molecule has 10 heteroatoms. The van der Waals surface area contributed by atoms with Gasteiger partial charge in [-0.05, 0) is 18.3 Å². The van der Waals surface area contributed by atoms with E-state index in [1.54, 1.807) is 12.4 Å². The highest BCUT2D eigenvalue weighted by molar-refractivity contribution is 6.32. The monoisotopic (exact) mass is 400 g/mol. The quantitative estimate of drug-likeness (QED) is 0.539. The number of primary amides is 1. The first-order valence-corrected chi connectivity index (χ1v) is 9.75. The molecule has 0 aromatic carbocycles. The molecule has 4 atom stereocenters. The molecule has 1 aliphatic heterocycles. The van der Waals surface area contributed by atoms with Crippen LogP contribution in [-0.4, -0.2) is 44.8 Å². The van der Waals surface area contributed by atoms with Crippen LogP contribution in [0.2, 0.25) is 5.02 Å². The molecule has 2 unspecified atom stereocenters. The van der Waals surface area contributed by atoms with E-state index in [0.717, 1.165) is 25.2 Å². The molecule has 1 saturated carbocycles. The number of fused-ring (bicyclic) bond motifs is 2. The van der Waals surface area contributed by atoms with Crippen LogP contribution in [0.3, 0.4) is 0 Å². The molecule has 2 bridgehead atoms. The molecule has 2 aromatic rings. The first kappa shape index (κ1) is 17.4. The van der Waals surface area contributed by atoms with E-state index in [-0.39, 0.29) is 29.7 Å². The molecule has 1 saturated heterocycles. The van der Waals surface area contributed by atoms with Crippen molar-refractivity contribution >= 4 is 35.0 Å². The Bertz CT molecular complexity index is 939. The van der Waals surface area contributed by atoms with Gasteiger partial charge in [-0.1, -0.05) is 23.8 Å². The van der Waals surface area contributed by atoms with E-state index in [1.165, 1.54) is 0 Å². The van der Waals surface area contributed by atoms with Crippen molar-refractivity contribution < 1.29 is 4.79 Å². The molecule has 5 N–H and O–H groups in total. The second-order valence-corrected chi connectivity index (χ2v) is 7.99. The summed E-state index contributed by atoms with van der Waals surface area (Å²) >= 11 is 6.31. The summed E-state index contributed by atoms with van der Waals surface area (Å²) in [7, 11) is 0. The minimum Gasteiger partial charge on any atom is -0.369 e. The van der Waals surface area contributed by atoms with Crippen molar-refractivity contribution in [1.82, 2.24) is 25.1 Å². The molecule has 28 heavy (non-hydrogen) atoms. The highest BCUT2D eigenvalue weighted by Gasteiger charge is 2.47. The van der Waals surface area contributed by atoms with Crippen LogP contribution in [-0.2, 0) is 4.79 Å². The molecule has 0 spiro atoms. The van der Waals surface area contributed by atoms with E-state index in [2.05, 4.69) is 43.2 Å². The number of carbonyl (C=O) groups is 1. The third kappa shape index (κ3) is 3.00. The number of amides is 1. The number of allylic oxidation sites excluding steroid dienone is 1. The number of rotatable bonds is 6. The Morgan fingerprint density at radius 1 is 1.29 bits per heavy atom. The number of aromatic nitrogens is 4. The number of anilines is 3. The van der Waals surface area contributed by atoms with Gasteiger partial charge < -0.3 is 21.7 Å². The lowest BCUT2D eigenvalue weighted by molar-refractivity contribution is -0.122. The third-order valence-electron chi connectivity index (χ3n) is 5.83. The summed E-state index contributed by atoms with van der Waals surface area (Å²) in [6.07, 6.45) is 10.4. The Morgan fingerprint density at radius 2 is 2.11 bits per heavy atom. The zero-order valence-electron chi connectivity index (χ0n) is 15.0. The number of hydrogen-bond donors (Lipinski definition) is 4. The van der Waals surface area contributed by atoms with Crippen LogP contribution in [0.4, 0.5) is 17.5 Å². The smallest absolute Gasteiger partial charge is 0.229 e. The molecule has 3 aliphatic rings. The molecule has 1 amide bonds. The molecule has 9 nitrogen and oxygen atoms in total. The minimum absolute atomic E-state index is 0.110. The maximum absolute atomic E-state index is 11.9. The van der Waals surface area contributed by atoms with Crippen LogP contribution in [0.5, 0.6) is 0 Å². The Labute approximate surface area is 166 Å². The van der Waals surface area contributed by atoms with Gasteiger partial charge >= 0.3 is 0 Å². The van der Waals surface area contributed by atoms with Crippen molar-refractivity contribution in [2.24, 2.45) is 23.5 Å². The zero-order chi connectivity index (χ0) is 19.3. The number of halogens is 1. The number of nitrogens with two attached hydrogens (primary N) is 1. The number of nitrogens with zero attached hydrogens (tertiary/aromatic N) is 4. The molecule has 146 valence electrons. The molecule has 2 aromatic heterocycles. The molecular weight excluding hydrogens is 380 g/mol. The summed E-state index contributed by atoms with van der Waals surface area (Å²) in [4.78, 5) is 20.7. The summed E-state index contributed by atoms with van der Waals surface area (Å²) < 4.78 is 1.92. The van der Waals surface area contributed by atoms with Crippen LogP contribution in [0.25, 0.3) is 0 Å². The summed E-state index contributed by atoms with van der Waals surface area (Å²) in [5.74, 6) is 0.784. The maximum atomic E-state index is 11.9. The van der Waals surface area contributed by atoms with Gasteiger partial charge in [0.2, 0.25) is 11.9 Å². The summed E-state index contributed by atoms with van der Waals surface area (Å²) in [5, 5.41) is 14.5. The van der Waals surface area contributed by atoms with Crippen LogP contribution < -0.4 is 21.7 Å². The van der Waals surface area contributed by atoms with Crippen molar-refractivity contribution in [3.8, 4) is 0 Å². The SMILES string of the molecule is NC(=O)C1C2C=C[C@@H](C2)[C@H]1Nc1nc(Nc2cnn(C3CNC3)c2)ncc1Cl. The summed E-state index contributed by atoms with van der Waals surface area (Å²) in [5.41, 5.74) is 6.44. The van der Waals surface area contributed by atoms with E-state index in [9.17, 15) is 4.79 Å². The first-order chi connectivity index (χ1) is 13.6. The van der Waals surface area contributed by atoms with E-state index >= 15 is 0 Å². The second-order valence-electron chi connectivity index (χ2n) is 7.58. The van der Waals surface area contributed by atoms with Gasteiger partial charge in [-0.15, -0.1) is 0 Å². The fourth-order valence-electron chi connectivity index (χ4n) is 4.29. The van der Waals surface area contributed by atoms with Gasteiger partial charge in [0.25, 0.3) is 0 Å². The molecule has 2 aliphatic carbocycles. The first-order valence-electron chi connectivity index (χ1n) is 9.37. The third-order valence-corrected chi connectivity index (χ3v) is 6.10. The predicted molar refractivity (Wildman–Crippen MR) is 105 cm³/mol. The highest BCUT2D eigenvalue weighted by atomic mass is 35.5. The van der Waals surface area contributed by atoms with Gasteiger partial charge in [0.15, 0.2) is 5.82 Å². The van der Waals surface area contributed by atoms with Gasteiger partial charge in [0.05, 0.1) is 30.0 Å². The van der Waals surface area contributed by atoms with Gasteiger partial charge in [0.1, 0.15) is 5.02 Å². The van der Waals surface area contributed by atoms with Gasteiger partial charge in [-0.3, -0.25) is 9.48 Å². The van der Waals surface area contributed by atoms with Gasteiger partial charge in [-0.25, -0.2) is 4.98 Å². The Morgan fingerprint density at radius 3 is 2.86 bits per heavy atom. The van der Waals surface area contributed by atoms with Crippen molar-refractivity contribution in [3.05, 3.63) is 35.8 Å². The van der Waals surface area contributed by atoms with Crippen molar-refractivity contribution in [1.29, 1.82) is 0 Å². The second kappa shape index (κ2) is 6.75. The zero-order valence-corrected chi connectivity index (χ0v) is 15.8. The highest BCUT2D eigenvalue weighted by Crippen LogP contribution is 2.45. The van der Waals surface area contributed by atoms with Crippen molar-refractivity contribution in [2.75, 3.05) is 23.7 Å². The Hall–Kier alpha value is -2.65. The number of hydrogen-bond acceptors (Lipinski definition) is 7. The summed E-state index contributed by atoms with van der Waals surface area (Å²) in [6, 6.07) is 0.275. The summed E-state index contributed by atoms with van der Waals surface area (Å²) in [6.45, 7) is 1.84. The van der Waals surface area contributed by atoms with E-state index < -0.39 is 0 Å². The van der Waals surface area contributed by atoms with Crippen LogP contribution in [0.15, 0.2) is 30.7 Å². The molecule has 2 fully saturated rings. The maximum Gasteiger partial charge on any atom is 0.229 e. The lowest BCUT2D eigenvalue weighted by Crippen LogP contribution is -2.43. The van der Waals surface area contributed by atoms with E-state index in [4.69, 9.17) is 17.3 Å². The van der Waals surface area contributed by atoms with Crippen LogP contribution in [0, 0.1) is 17.8 Å². The standard InChI is InChI=1S/C18H21ClN8O/c19-13-7-22-18(24-11-4-23-27(8-11)12-5-21-6-12)26-17(13)25-15-10-2-1-9(3-10)14(15)16(20)28/h1-2,4,7-10,12,14-15,21H,3,5-6H2,(H2,20,28)(H2,22,24,25,26)/t9?,10-,14?,15+/m0/s1. The average molecular weight is 401 g/mol. The van der Waals surface area contributed by atoms with Crippen LogP contribution >= 0.6 is 11.6 Å². The molecular formula is C18H21ClN8O. The Balaban J connectivity index is 1.34. The normalized spacial score (nSPS) is 28.3. The fraction of sp³-hybridized carbons (Fsp3) is 0.444. The van der Waals surface area contributed by atoms with Crippen molar-refractivity contribution in [2.45, 2.75) is 18.5 Å². The lowest BCUT2D eigenvalue weighted by Gasteiger charge is -2.27. The number of carbonyl (C=O) groups excluding carboxylic acids is 1. The fourth-order valence-corrected chi connectivity index (χ4v) is 4.43. The van der Waals surface area contributed by atoms with Gasteiger partial charge in [-0.2, -0.15) is 10.1 Å². The molecule has 5 rings (SSSR count). The molecule has 3 heterocycles. The van der Waals surface area contributed by atoms with E-state index in [1.807, 2.05) is 10.9 Å².